The van der Waals surface area contributed by atoms with Gasteiger partial charge in [0.05, 0.1) is 12.7 Å². The molecule has 0 radical (unpaired) electrons. The van der Waals surface area contributed by atoms with Gasteiger partial charge in [0.15, 0.2) is 0 Å². The molecule has 0 aromatic rings. The second-order valence-corrected chi connectivity index (χ2v) is 4.11. The van der Waals surface area contributed by atoms with Crippen molar-refractivity contribution in [1.82, 2.24) is 5.32 Å². The molecule has 2 aliphatic rings. The number of rotatable bonds is 2. The lowest BCUT2D eigenvalue weighted by molar-refractivity contribution is -0.146. The highest BCUT2D eigenvalue weighted by molar-refractivity contribution is 5.76. The third-order valence-corrected chi connectivity index (χ3v) is 3.38. The lowest BCUT2D eigenvalue weighted by atomic mass is 9.93. The summed E-state index contributed by atoms with van der Waals surface area (Å²) in [6.07, 6.45) is 1.53. The number of carbonyl (C=O) groups excluding carboxylic acids is 1. The number of nitrogens with one attached hydrogen (secondary N) is 1. The summed E-state index contributed by atoms with van der Waals surface area (Å²) in [7, 11) is 0. The zero-order valence-electron chi connectivity index (χ0n) is 8.40. The molecule has 0 aromatic carbocycles. The molecule has 2 rings (SSSR count). The molecule has 14 heavy (non-hydrogen) atoms. The van der Waals surface area contributed by atoms with Crippen molar-refractivity contribution in [2.24, 2.45) is 11.8 Å². The van der Waals surface area contributed by atoms with Crippen LogP contribution in [0.1, 0.15) is 19.8 Å². The van der Waals surface area contributed by atoms with E-state index in [9.17, 15) is 9.90 Å². The Morgan fingerprint density at radius 1 is 1.50 bits per heavy atom. The fourth-order valence-corrected chi connectivity index (χ4v) is 2.68. The first-order valence-corrected chi connectivity index (χ1v) is 5.32. The molecule has 4 atom stereocenters. The van der Waals surface area contributed by atoms with Crippen molar-refractivity contribution in [2.75, 3.05) is 13.2 Å². The molecule has 2 N–H and O–H groups in total. The number of ether oxygens (including phenoxy) is 1. The number of esters is 1. The SMILES string of the molecule is CCOC(=O)C1NC[C@@H]2[C@H](O)CC[C@H]12. The average molecular weight is 199 g/mol. The minimum atomic E-state index is -0.230. The van der Waals surface area contributed by atoms with E-state index in [2.05, 4.69) is 5.32 Å². The van der Waals surface area contributed by atoms with E-state index in [4.69, 9.17) is 4.74 Å². The number of hydrogen-bond donors (Lipinski definition) is 2. The number of hydrogen-bond acceptors (Lipinski definition) is 4. The normalized spacial score (nSPS) is 41.0. The number of aliphatic hydroxyl groups is 1. The highest BCUT2D eigenvalue weighted by Crippen LogP contribution is 2.38. The first-order valence-electron chi connectivity index (χ1n) is 5.32. The summed E-state index contributed by atoms with van der Waals surface area (Å²) < 4.78 is 4.99. The lowest BCUT2D eigenvalue weighted by Gasteiger charge is -2.16. The lowest BCUT2D eigenvalue weighted by Crippen LogP contribution is -2.37. The van der Waals surface area contributed by atoms with Crippen LogP contribution in [0.25, 0.3) is 0 Å². The summed E-state index contributed by atoms with van der Waals surface area (Å²) in [5, 5.41) is 12.8. The van der Waals surface area contributed by atoms with E-state index >= 15 is 0 Å². The van der Waals surface area contributed by atoms with E-state index < -0.39 is 0 Å². The smallest absolute Gasteiger partial charge is 0.323 e. The fourth-order valence-electron chi connectivity index (χ4n) is 2.68. The van der Waals surface area contributed by atoms with E-state index in [1.54, 1.807) is 0 Å². The highest BCUT2D eigenvalue weighted by atomic mass is 16.5. The molecule has 1 aliphatic carbocycles. The average Bonchev–Trinajstić information content (AvgIpc) is 2.69. The largest absolute Gasteiger partial charge is 0.465 e. The molecule has 0 spiro atoms. The fraction of sp³-hybridized carbons (Fsp3) is 0.900. The standard InChI is InChI=1S/C10H17NO3/c1-2-14-10(13)9-6-3-4-8(12)7(6)5-11-9/h6-9,11-12H,2-5H2,1H3/t6-,7-,8+,9?/m0/s1. The molecule has 1 heterocycles. The van der Waals surface area contributed by atoms with Crippen LogP contribution in [0.3, 0.4) is 0 Å². The van der Waals surface area contributed by atoms with Gasteiger partial charge >= 0.3 is 5.97 Å². The van der Waals surface area contributed by atoms with Gasteiger partial charge in [-0.05, 0) is 25.7 Å². The number of fused-ring (bicyclic) bond motifs is 1. The number of carbonyl (C=O) groups is 1. The third kappa shape index (κ3) is 1.53. The van der Waals surface area contributed by atoms with Gasteiger partial charge < -0.3 is 15.2 Å². The zero-order valence-corrected chi connectivity index (χ0v) is 8.40. The molecule has 4 heteroatoms. The molecule has 0 aromatic heterocycles. The van der Waals surface area contributed by atoms with Gasteiger partial charge in [-0.15, -0.1) is 0 Å². The third-order valence-electron chi connectivity index (χ3n) is 3.38. The topological polar surface area (TPSA) is 58.6 Å². The van der Waals surface area contributed by atoms with E-state index in [0.717, 1.165) is 19.4 Å². The maximum Gasteiger partial charge on any atom is 0.323 e. The van der Waals surface area contributed by atoms with Crippen LogP contribution in [0.4, 0.5) is 0 Å². The molecule has 4 nitrogen and oxygen atoms in total. The van der Waals surface area contributed by atoms with E-state index in [1.807, 2.05) is 6.92 Å². The molecule has 1 saturated carbocycles. The van der Waals surface area contributed by atoms with Crippen LogP contribution in [0, 0.1) is 11.8 Å². The van der Waals surface area contributed by atoms with Crippen LogP contribution in [-0.2, 0) is 9.53 Å². The summed E-state index contributed by atoms with van der Waals surface area (Å²) in [6.45, 7) is 2.99. The molecular formula is C10H17NO3. The van der Waals surface area contributed by atoms with Crippen LogP contribution >= 0.6 is 0 Å². The summed E-state index contributed by atoms with van der Waals surface area (Å²) in [5.41, 5.74) is 0. The Labute approximate surface area is 83.6 Å². The Hall–Kier alpha value is -0.610. The Morgan fingerprint density at radius 2 is 2.29 bits per heavy atom. The van der Waals surface area contributed by atoms with Gasteiger partial charge in [-0.3, -0.25) is 4.79 Å². The van der Waals surface area contributed by atoms with Gasteiger partial charge in [-0.1, -0.05) is 0 Å². The van der Waals surface area contributed by atoms with Crippen molar-refractivity contribution in [2.45, 2.75) is 31.9 Å². The Bertz CT molecular complexity index is 231. The van der Waals surface area contributed by atoms with Gasteiger partial charge in [-0.25, -0.2) is 0 Å². The zero-order chi connectivity index (χ0) is 10.1. The molecule has 1 aliphatic heterocycles. The summed E-state index contributed by atoms with van der Waals surface area (Å²) >= 11 is 0. The van der Waals surface area contributed by atoms with Gasteiger partial charge in [0.25, 0.3) is 0 Å². The monoisotopic (exact) mass is 199 g/mol. The first-order chi connectivity index (χ1) is 6.74. The maximum absolute atomic E-state index is 11.5. The van der Waals surface area contributed by atoms with Crippen LogP contribution in [0.2, 0.25) is 0 Å². The Kier molecular flexibility index (Phi) is 2.74. The predicted octanol–water partition coefficient (Wildman–Crippen LogP) is -0.0916. The molecule has 1 saturated heterocycles. The summed E-state index contributed by atoms with van der Waals surface area (Å²) in [5.74, 6) is 0.377. The highest BCUT2D eigenvalue weighted by Gasteiger charge is 2.47. The quantitative estimate of drug-likeness (QED) is 0.610. The van der Waals surface area contributed by atoms with Crippen LogP contribution < -0.4 is 5.32 Å². The molecule has 0 bridgehead atoms. The van der Waals surface area contributed by atoms with Crippen LogP contribution in [-0.4, -0.2) is 36.4 Å². The minimum Gasteiger partial charge on any atom is -0.465 e. The van der Waals surface area contributed by atoms with Crippen molar-refractivity contribution >= 4 is 5.97 Å². The summed E-state index contributed by atoms with van der Waals surface area (Å²) in [4.78, 5) is 11.5. The molecule has 80 valence electrons. The van der Waals surface area contributed by atoms with Gasteiger partial charge in [0, 0.05) is 12.5 Å². The van der Waals surface area contributed by atoms with Crippen molar-refractivity contribution < 1.29 is 14.6 Å². The van der Waals surface area contributed by atoms with Crippen molar-refractivity contribution in [1.29, 1.82) is 0 Å². The van der Waals surface area contributed by atoms with Crippen molar-refractivity contribution in [3.8, 4) is 0 Å². The summed E-state index contributed by atoms with van der Waals surface area (Å²) in [6, 6.07) is -0.183. The van der Waals surface area contributed by atoms with Crippen LogP contribution in [0.15, 0.2) is 0 Å². The van der Waals surface area contributed by atoms with E-state index in [0.29, 0.717) is 6.61 Å². The van der Waals surface area contributed by atoms with E-state index in [1.165, 1.54) is 0 Å². The van der Waals surface area contributed by atoms with Gasteiger partial charge in [0.2, 0.25) is 0 Å². The van der Waals surface area contributed by atoms with Gasteiger partial charge in [-0.2, -0.15) is 0 Å². The van der Waals surface area contributed by atoms with Crippen molar-refractivity contribution in [3.05, 3.63) is 0 Å². The van der Waals surface area contributed by atoms with Crippen molar-refractivity contribution in [3.63, 3.8) is 0 Å². The molecule has 1 unspecified atom stereocenters. The minimum absolute atomic E-state index is 0.158. The second kappa shape index (κ2) is 3.87. The first kappa shape index (κ1) is 9.93. The predicted molar refractivity (Wildman–Crippen MR) is 50.6 cm³/mol. The molecule has 2 fully saturated rings. The van der Waals surface area contributed by atoms with Gasteiger partial charge in [0.1, 0.15) is 6.04 Å². The van der Waals surface area contributed by atoms with Crippen LogP contribution in [0.5, 0.6) is 0 Å². The molecular weight excluding hydrogens is 182 g/mol. The maximum atomic E-state index is 11.5. The Morgan fingerprint density at radius 3 is 3.00 bits per heavy atom. The Balaban J connectivity index is 1.99. The molecule has 0 amide bonds. The van der Waals surface area contributed by atoms with E-state index in [-0.39, 0.29) is 30.0 Å². The second-order valence-electron chi connectivity index (χ2n) is 4.11. The number of aliphatic hydroxyl groups excluding tert-OH is 1.